The first-order chi connectivity index (χ1) is 14.7. The number of benzene rings is 2. The number of furan rings is 1. The first kappa shape index (κ1) is 28.8. The van der Waals surface area contributed by atoms with Crippen LogP contribution in [-0.2, 0) is 20.0 Å². The van der Waals surface area contributed by atoms with Crippen LogP contribution in [0.4, 0.5) is 0 Å². The summed E-state index contributed by atoms with van der Waals surface area (Å²) >= 11 is 0. The summed E-state index contributed by atoms with van der Waals surface area (Å²) in [4.78, 5) is 6.74. The minimum Gasteiger partial charge on any atom is -0.490 e. The second-order valence-electron chi connectivity index (χ2n) is 6.47. The first-order valence-corrected chi connectivity index (χ1v) is 11.8. The van der Waals surface area contributed by atoms with Gasteiger partial charge in [-0.05, 0) is 50.2 Å². The summed E-state index contributed by atoms with van der Waals surface area (Å²) in [6.45, 7) is 3.68. The summed E-state index contributed by atoms with van der Waals surface area (Å²) in [5, 5.41) is 7.09. The zero-order valence-corrected chi connectivity index (χ0v) is 20.2. The van der Waals surface area contributed by atoms with E-state index < -0.39 is 20.0 Å². The average molecular weight is 472 g/mol. The third-order valence-electron chi connectivity index (χ3n) is 3.96. The third-order valence-corrected chi connectivity index (χ3v) is 6.32. The maximum atomic E-state index is 12.1. The fraction of sp³-hybridized carbons (Fsp3) is 0.100. The molecule has 0 atom stereocenters. The van der Waals surface area contributed by atoms with E-state index >= 15 is 0 Å². The molecule has 3 rings (SSSR count). The Labute approximate surface area is 217 Å². The molecular formula is C20H18Li2N4O5S2. The molecule has 1 aromatic heterocycles. The van der Waals surface area contributed by atoms with Crippen LogP contribution in [0.1, 0.15) is 22.6 Å². The van der Waals surface area contributed by atoms with Gasteiger partial charge in [-0.3, -0.25) is 0 Å². The second-order valence-corrected chi connectivity index (χ2v) is 9.64. The van der Waals surface area contributed by atoms with Crippen LogP contribution in [-0.4, -0.2) is 29.3 Å². The SMILES string of the molecule is Cc1ccc(S(=O)(=O)[N-]/N=C/c2ccc(/C=N/[N-]S(=O)(=O)c3ccc(C)cc3)o2)cc1.[Li+].[Li+]. The Morgan fingerprint density at radius 2 is 0.970 bits per heavy atom. The molecule has 0 spiro atoms. The monoisotopic (exact) mass is 472 g/mol. The first-order valence-electron chi connectivity index (χ1n) is 8.90. The largest absolute Gasteiger partial charge is 1.00 e. The number of sulfonamides is 2. The molecule has 0 fully saturated rings. The van der Waals surface area contributed by atoms with Gasteiger partial charge in [0.25, 0.3) is 0 Å². The van der Waals surface area contributed by atoms with Crippen LogP contribution in [0, 0.1) is 13.8 Å². The van der Waals surface area contributed by atoms with E-state index in [2.05, 4.69) is 19.9 Å². The minimum atomic E-state index is -3.92. The van der Waals surface area contributed by atoms with Crippen molar-refractivity contribution in [3.8, 4) is 0 Å². The van der Waals surface area contributed by atoms with E-state index in [-0.39, 0.29) is 59.0 Å². The Hall–Kier alpha value is -2.25. The van der Waals surface area contributed by atoms with Crippen LogP contribution < -0.4 is 37.7 Å². The molecule has 0 bridgehead atoms. The van der Waals surface area contributed by atoms with Crippen LogP contribution in [0.3, 0.4) is 0 Å². The number of rotatable bonds is 8. The van der Waals surface area contributed by atoms with Crippen molar-refractivity contribution in [2.75, 3.05) is 0 Å². The van der Waals surface area contributed by atoms with Crippen molar-refractivity contribution in [1.29, 1.82) is 0 Å². The van der Waals surface area contributed by atoms with Crippen molar-refractivity contribution in [3.63, 3.8) is 0 Å². The Bertz CT molecular complexity index is 1220. The molecule has 9 nitrogen and oxygen atoms in total. The van der Waals surface area contributed by atoms with Gasteiger partial charge in [0.15, 0.2) is 0 Å². The Morgan fingerprint density at radius 1 is 0.636 bits per heavy atom. The molecule has 0 aliphatic rings. The van der Waals surface area contributed by atoms with Crippen molar-refractivity contribution in [1.82, 2.24) is 0 Å². The summed E-state index contributed by atoms with van der Waals surface area (Å²) in [7, 11) is -7.85. The van der Waals surface area contributed by atoms with Gasteiger partial charge in [-0.2, -0.15) is 0 Å². The van der Waals surface area contributed by atoms with E-state index in [1.165, 1.54) is 36.4 Å². The normalized spacial score (nSPS) is 11.7. The standard InChI is InChI=1S/C20H18N4O5S2.2Li/c1-15-3-9-19(10-4-15)30(25,26)23-21-13-17-7-8-18(29-17)14-22-24-31(27,28)20-11-5-16(2)6-12-20;;/h3-14H,1-2H3;;/q-2;2*+1/b21-13+,22-14+;;. The smallest absolute Gasteiger partial charge is 0.490 e. The molecule has 0 saturated heterocycles. The molecule has 0 aliphatic carbocycles. The fourth-order valence-corrected chi connectivity index (χ4v) is 3.80. The molecule has 0 unspecified atom stereocenters. The summed E-state index contributed by atoms with van der Waals surface area (Å²) < 4.78 is 53.8. The number of hydrogen-bond acceptors (Lipinski definition) is 7. The van der Waals surface area contributed by atoms with E-state index in [1.54, 1.807) is 24.3 Å². The van der Waals surface area contributed by atoms with E-state index in [4.69, 9.17) is 4.42 Å². The van der Waals surface area contributed by atoms with Gasteiger partial charge >= 0.3 is 37.7 Å². The second kappa shape index (κ2) is 12.3. The molecular weight excluding hydrogens is 454 g/mol. The van der Waals surface area contributed by atoms with E-state index in [0.717, 1.165) is 23.6 Å². The number of nitrogens with zero attached hydrogens (tertiary/aromatic N) is 4. The molecule has 162 valence electrons. The van der Waals surface area contributed by atoms with E-state index in [1.807, 2.05) is 13.8 Å². The van der Waals surface area contributed by atoms with Crippen molar-refractivity contribution in [3.05, 3.63) is 93.0 Å². The maximum absolute atomic E-state index is 12.1. The van der Waals surface area contributed by atoms with Gasteiger partial charge in [-0.25, -0.2) is 16.8 Å². The molecule has 2 aromatic carbocycles. The Morgan fingerprint density at radius 3 is 1.30 bits per heavy atom. The van der Waals surface area contributed by atoms with Gasteiger partial charge in [0.2, 0.25) is 0 Å². The molecule has 1 heterocycles. The summed E-state index contributed by atoms with van der Waals surface area (Å²) in [5.74, 6) is 0.399. The van der Waals surface area contributed by atoms with Gasteiger partial charge in [0.1, 0.15) is 31.6 Å². The fourth-order valence-electron chi connectivity index (χ4n) is 2.31. The summed E-state index contributed by atoms with van der Waals surface area (Å²) in [5.41, 5.74) is 1.84. The predicted molar refractivity (Wildman–Crippen MR) is 117 cm³/mol. The van der Waals surface area contributed by atoms with Gasteiger partial charge in [-0.1, -0.05) is 35.4 Å². The third kappa shape index (κ3) is 8.24. The van der Waals surface area contributed by atoms with E-state index in [9.17, 15) is 16.8 Å². The zero-order chi connectivity index (χ0) is 22.5. The van der Waals surface area contributed by atoms with Crippen LogP contribution in [0.15, 0.2) is 85.1 Å². The van der Waals surface area contributed by atoms with Crippen molar-refractivity contribution < 1.29 is 59.0 Å². The van der Waals surface area contributed by atoms with Crippen molar-refractivity contribution in [2.45, 2.75) is 23.6 Å². The maximum Gasteiger partial charge on any atom is 1.00 e. The Balaban J connectivity index is 0.00000272. The van der Waals surface area contributed by atoms with Crippen LogP contribution in [0.25, 0.3) is 9.66 Å². The van der Waals surface area contributed by atoms with Gasteiger partial charge in [0.05, 0.1) is 9.79 Å². The van der Waals surface area contributed by atoms with Gasteiger partial charge in [-0.15, -0.1) is 0 Å². The van der Waals surface area contributed by atoms with Gasteiger partial charge < -0.3 is 24.3 Å². The molecule has 0 saturated carbocycles. The summed E-state index contributed by atoms with van der Waals surface area (Å²) in [6.07, 6.45) is 2.23. The minimum absolute atomic E-state index is 0. The van der Waals surface area contributed by atoms with E-state index in [0.29, 0.717) is 0 Å². The van der Waals surface area contributed by atoms with Crippen LogP contribution >= 0.6 is 0 Å². The van der Waals surface area contributed by atoms with Crippen molar-refractivity contribution in [2.24, 2.45) is 10.2 Å². The summed E-state index contributed by atoms with van der Waals surface area (Å²) in [6, 6.07) is 15.4. The topological polar surface area (TPSA) is 134 Å². The van der Waals surface area contributed by atoms with Gasteiger partial charge in [0, 0.05) is 12.4 Å². The average Bonchev–Trinajstić information content (AvgIpc) is 3.16. The molecule has 0 aliphatic heterocycles. The molecule has 3 aromatic rings. The van der Waals surface area contributed by atoms with Crippen LogP contribution in [0.5, 0.6) is 0 Å². The quantitative estimate of drug-likeness (QED) is 0.214. The molecule has 0 amide bonds. The molecule has 0 radical (unpaired) electrons. The predicted octanol–water partition coefficient (Wildman–Crippen LogP) is -1.90. The number of hydrogen-bond donors (Lipinski definition) is 0. The van der Waals surface area contributed by atoms with Crippen LogP contribution in [0.2, 0.25) is 0 Å². The molecule has 13 heteroatoms. The van der Waals surface area contributed by atoms with Crippen molar-refractivity contribution >= 4 is 32.5 Å². The Kier molecular flexibility index (Phi) is 10.7. The zero-order valence-electron chi connectivity index (χ0n) is 18.6. The molecule has 33 heavy (non-hydrogen) atoms. The molecule has 0 N–H and O–H groups in total. The number of aryl methyl sites for hydroxylation is 2.